The lowest BCUT2D eigenvalue weighted by Crippen LogP contribution is -2.51. The van der Waals surface area contributed by atoms with E-state index in [1.165, 1.54) is 0 Å². The number of rotatable bonds is 6. The first kappa shape index (κ1) is 21.1. The third-order valence-electron chi connectivity index (χ3n) is 3.08. The molecule has 9 heteroatoms. The predicted molar refractivity (Wildman–Crippen MR) is 81.4 cm³/mol. The topological polar surface area (TPSA) is 139 Å². The maximum atomic E-state index is 11.6. The molecule has 0 spiro atoms. The lowest BCUT2D eigenvalue weighted by atomic mass is 9.77. The summed E-state index contributed by atoms with van der Waals surface area (Å²) in [6, 6.07) is 0. The average Bonchev–Trinajstić information content (AvgIpc) is 2.28. The molecule has 0 rings (SSSR count). The average molecular weight is 334 g/mol. The zero-order valence-corrected chi connectivity index (χ0v) is 14.3. The third-order valence-corrected chi connectivity index (χ3v) is 3.08. The van der Waals surface area contributed by atoms with E-state index in [0.717, 1.165) is 0 Å². The molecule has 1 amide bonds. The van der Waals surface area contributed by atoms with Gasteiger partial charge in [0.25, 0.3) is 0 Å². The quantitative estimate of drug-likeness (QED) is 0.381. The first-order chi connectivity index (χ1) is 10.1. The lowest BCUT2D eigenvalue weighted by molar-refractivity contribution is -0.539. The summed E-state index contributed by atoms with van der Waals surface area (Å²) in [7, 11) is 0. The number of aliphatic hydroxyl groups excluding tert-OH is 1. The Bertz CT molecular complexity index is 451. The van der Waals surface area contributed by atoms with Crippen LogP contribution in [0.5, 0.6) is 0 Å². The molecule has 1 unspecified atom stereocenters. The van der Waals surface area contributed by atoms with Gasteiger partial charge in [-0.3, -0.25) is 20.2 Å². The summed E-state index contributed by atoms with van der Waals surface area (Å²) >= 11 is 0. The van der Waals surface area contributed by atoms with Crippen molar-refractivity contribution in [1.29, 1.82) is 0 Å². The van der Waals surface area contributed by atoms with Gasteiger partial charge in [-0.1, -0.05) is 20.8 Å². The van der Waals surface area contributed by atoms with Crippen molar-refractivity contribution in [3.8, 4) is 0 Å². The van der Waals surface area contributed by atoms with Gasteiger partial charge < -0.3 is 14.9 Å². The number of carbonyl (C=O) groups excluding carboxylic acids is 1. The molecule has 0 aromatic carbocycles. The van der Waals surface area contributed by atoms with Gasteiger partial charge in [-0.15, -0.1) is 0 Å². The van der Waals surface area contributed by atoms with Crippen LogP contribution < -0.4 is 5.32 Å². The summed E-state index contributed by atoms with van der Waals surface area (Å²) in [5.74, 6) is -2.18. The smallest absolute Gasteiger partial charge is 0.412 e. The number of nitro groups is 1. The van der Waals surface area contributed by atoms with Gasteiger partial charge in [-0.25, -0.2) is 4.79 Å². The van der Waals surface area contributed by atoms with E-state index < -0.39 is 46.2 Å². The summed E-state index contributed by atoms with van der Waals surface area (Å²) in [5, 5.41) is 32.3. The second-order valence-corrected chi connectivity index (χ2v) is 7.44. The maximum absolute atomic E-state index is 11.6. The van der Waals surface area contributed by atoms with E-state index >= 15 is 0 Å². The number of hydrogen-bond donors (Lipinski definition) is 3. The van der Waals surface area contributed by atoms with Crippen molar-refractivity contribution in [3.05, 3.63) is 10.1 Å². The minimum absolute atomic E-state index is 0.375. The van der Waals surface area contributed by atoms with Gasteiger partial charge in [-0.05, 0) is 32.6 Å². The van der Waals surface area contributed by atoms with Gasteiger partial charge in [0.2, 0.25) is 0 Å². The summed E-state index contributed by atoms with van der Waals surface area (Å²) in [4.78, 5) is 33.1. The van der Waals surface area contributed by atoms with Crippen LogP contribution in [0, 0.1) is 21.4 Å². The third kappa shape index (κ3) is 7.78. The zero-order valence-electron chi connectivity index (χ0n) is 14.3. The second-order valence-electron chi connectivity index (χ2n) is 7.44. The number of alkyl carbamates (subject to hydrolysis) is 1. The number of amides is 1. The molecular formula is C14H26N2O7. The number of nitrogens with zero attached hydrogens (tertiary/aromatic N) is 1. The number of carboxylic acid groups (broad SMARTS) is 1. The van der Waals surface area contributed by atoms with E-state index in [4.69, 9.17) is 4.74 Å². The molecule has 0 aliphatic carbocycles. The molecule has 0 aliphatic heterocycles. The van der Waals surface area contributed by atoms with Crippen LogP contribution in [0.2, 0.25) is 0 Å². The van der Waals surface area contributed by atoms with E-state index in [9.17, 15) is 29.9 Å². The monoisotopic (exact) mass is 334 g/mol. The van der Waals surface area contributed by atoms with Crippen molar-refractivity contribution < 1.29 is 29.5 Å². The molecule has 0 bridgehead atoms. The Morgan fingerprint density at radius 1 is 1.22 bits per heavy atom. The molecular weight excluding hydrogens is 308 g/mol. The Balaban J connectivity index is 5.06. The van der Waals surface area contributed by atoms with Crippen LogP contribution in [-0.2, 0) is 9.53 Å². The van der Waals surface area contributed by atoms with Crippen molar-refractivity contribution in [2.24, 2.45) is 11.3 Å². The molecule has 0 radical (unpaired) electrons. The van der Waals surface area contributed by atoms with Gasteiger partial charge in [0.05, 0.1) is 5.92 Å². The molecule has 0 aliphatic rings. The molecule has 0 saturated carbocycles. The van der Waals surface area contributed by atoms with Crippen LogP contribution in [0.25, 0.3) is 0 Å². The summed E-state index contributed by atoms with van der Waals surface area (Å²) in [6.45, 7) is 9.72. The molecule has 9 nitrogen and oxygen atoms in total. The van der Waals surface area contributed by atoms with Crippen molar-refractivity contribution in [3.63, 3.8) is 0 Å². The first-order valence-corrected chi connectivity index (χ1v) is 7.19. The number of carboxylic acids is 1. The first-order valence-electron chi connectivity index (χ1n) is 7.19. The van der Waals surface area contributed by atoms with E-state index in [2.05, 4.69) is 0 Å². The number of aliphatic carboxylic acids is 1. The fourth-order valence-electron chi connectivity index (χ4n) is 1.91. The van der Waals surface area contributed by atoms with Gasteiger partial charge in [-0.2, -0.15) is 0 Å². The van der Waals surface area contributed by atoms with Crippen LogP contribution in [0.4, 0.5) is 4.79 Å². The van der Waals surface area contributed by atoms with Crippen molar-refractivity contribution in [2.45, 2.75) is 65.8 Å². The minimum Gasteiger partial charge on any atom is -0.481 e. The van der Waals surface area contributed by atoms with Crippen LogP contribution >= 0.6 is 0 Å². The van der Waals surface area contributed by atoms with Crippen LogP contribution in [-0.4, -0.2) is 45.1 Å². The van der Waals surface area contributed by atoms with Crippen molar-refractivity contribution in [1.82, 2.24) is 5.32 Å². The SMILES string of the molecule is CC(C)(C)OC(=O)NC([C@H](O)C[C@H](C(=O)O)C(C)(C)C)[N+](=O)[O-]. The predicted octanol–water partition coefficient (Wildman–Crippen LogP) is 1.61. The van der Waals surface area contributed by atoms with Gasteiger partial charge in [0, 0.05) is 4.92 Å². The molecule has 0 heterocycles. The van der Waals surface area contributed by atoms with Crippen molar-refractivity contribution >= 4 is 12.1 Å². The molecule has 23 heavy (non-hydrogen) atoms. The Labute approximate surface area is 135 Å². The maximum Gasteiger partial charge on any atom is 0.412 e. The summed E-state index contributed by atoms with van der Waals surface area (Å²) < 4.78 is 4.91. The minimum atomic E-state index is -1.85. The highest BCUT2D eigenvalue weighted by Gasteiger charge is 2.40. The summed E-state index contributed by atoms with van der Waals surface area (Å²) in [5.41, 5.74) is -1.56. The van der Waals surface area contributed by atoms with Crippen molar-refractivity contribution in [2.75, 3.05) is 0 Å². The fraction of sp³-hybridized carbons (Fsp3) is 0.857. The molecule has 0 aromatic rings. The van der Waals surface area contributed by atoms with E-state index in [1.54, 1.807) is 41.5 Å². The van der Waals surface area contributed by atoms with Crippen LogP contribution in [0.3, 0.4) is 0 Å². The Hall–Kier alpha value is -1.90. The van der Waals surface area contributed by atoms with Crippen LogP contribution in [0.15, 0.2) is 0 Å². The molecule has 134 valence electrons. The van der Waals surface area contributed by atoms with Gasteiger partial charge >= 0.3 is 18.2 Å². The number of carbonyl (C=O) groups is 2. The molecule has 3 N–H and O–H groups in total. The highest BCUT2D eigenvalue weighted by molar-refractivity contribution is 5.71. The number of nitrogens with one attached hydrogen (secondary N) is 1. The highest BCUT2D eigenvalue weighted by Crippen LogP contribution is 2.30. The van der Waals surface area contributed by atoms with Crippen LogP contribution in [0.1, 0.15) is 48.0 Å². The van der Waals surface area contributed by atoms with E-state index in [-0.39, 0.29) is 6.42 Å². The largest absolute Gasteiger partial charge is 0.481 e. The highest BCUT2D eigenvalue weighted by atomic mass is 16.6. The Morgan fingerprint density at radius 3 is 2.00 bits per heavy atom. The molecule has 0 fully saturated rings. The van der Waals surface area contributed by atoms with E-state index in [1.807, 2.05) is 5.32 Å². The number of ether oxygens (including phenoxy) is 1. The summed E-state index contributed by atoms with van der Waals surface area (Å²) in [6.07, 6.45) is -4.95. The Morgan fingerprint density at radius 2 is 1.70 bits per heavy atom. The molecule has 0 aromatic heterocycles. The second kappa shape index (κ2) is 7.58. The zero-order chi connectivity index (χ0) is 18.6. The van der Waals surface area contributed by atoms with Gasteiger partial charge in [0.1, 0.15) is 11.7 Å². The Kier molecular flexibility index (Phi) is 6.95. The molecule has 0 saturated heterocycles. The normalized spacial score (nSPS) is 16.1. The standard InChI is InChI=1S/C14H26N2O7/c1-13(2,3)8(11(18)19)7-9(17)10(16(21)22)15-12(20)23-14(4,5)6/h8-10,17H,7H2,1-6H3,(H,15,20)(H,18,19)/t8-,9-,10?/m1/s1. The number of hydrogen-bond acceptors (Lipinski definition) is 6. The number of aliphatic hydroxyl groups is 1. The fourth-order valence-corrected chi connectivity index (χ4v) is 1.91. The molecule has 3 atom stereocenters. The lowest BCUT2D eigenvalue weighted by Gasteiger charge is -2.29. The van der Waals surface area contributed by atoms with E-state index in [0.29, 0.717) is 0 Å². The van der Waals surface area contributed by atoms with Gasteiger partial charge in [0.15, 0.2) is 0 Å².